The van der Waals surface area contributed by atoms with Gasteiger partial charge in [0.15, 0.2) is 0 Å². The van der Waals surface area contributed by atoms with Crippen molar-refractivity contribution < 1.29 is 14.3 Å². The number of nitrogens with one attached hydrogen (secondary N) is 1. The van der Waals surface area contributed by atoms with Crippen molar-refractivity contribution in [3.05, 3.63) is 82.0 Å². The number of amides is 3. The second-order valence-corrected chi connectivity index (χ2v) is 9.50. The van der Waals surface area contributed by atoms with Gasteiger partial charge in [0, 0.05) is 34.1 Å². The summed E-state index contributed by atoms with van der Waals surface area (Å²) in [6.07, 6.45) is 0. The van der Waals surface area contributed by atoms with Gasteiger partial charge in [0.05, 0.1) is 13.7 Å². The van der Waals surface area contributed by atoms with Crippen LogP contribution in [0.4, 0.5) is 10.5 Å². The maximum absolute atomic E-state index is 13.4. The zero-order valence-electron chi connectivity index (χ0n) is 19.6. The van der Waals surface area contributed by atoms with Crippen molar-refractivity contribution in [1.82, 2.24) is 9.80 Å². The van der Waals surface area contributed by atoms with E-state index in [4.69, 9.17) is 4.74 Å². The Bertz CT molecular complexity index is 1070. The monoisotopic (exact) mass is 465 g/mol. The fourth-order valence-corrected chi connectivity index (χ4v) is 4.33. The van der Waals surface area contributed by atoms with Gasteiger partial charge in [-0.1, -0.05) is 36.4 Å². The average molecular weight is 466 g/mol. The molecule has 7 heteroatoms. The van der Waals surface area contributed by atoms with Gasteiger partial charge in [-0.2, -0.15) is 0 Å². The molecule has 0 saturated heterocycles. The predicted octanol–water partition coefficient (Wildman–Crippen LogP) is 5.54. The molecule has 0 radical (unpaired) electrons. The largest absolute Gasteiger partial charge is 0.497 e. The van der Waals surface area contributed by atoms with E-state index in [2.05, 4.69) is 24.4 Å². The average Bonchev–Trinajstić information content (AvgIpc) is 3.21. The lowest BCUT2D eigenvalue weighted by atomic mass is 10.2. The molecular weight excluding hydrogens is 434 g/mol. The number of nitrogens with zero attached hydrogens (tertiary/aromatic N) is 2. The molecule has 2 aromatic carbocycles. The lowest BCUT2D eigenvalue weighted by molar-refractivity contribution is -0.133. The number of ether oxygens (including phenoxy) is 1. The van der Waals surface area contributed by atoms with Gasteiger partial charge in [0.25, 0.3) is 0 Å². The molecule has 174 valence electrons. The van der Waals surface area contributed by atoms with Gasteiger partial charge in [0.2, 0.25) is 5.91 Å². The normalized spacial score (nSPS) is 10.7. The van der Waals surface area contributed by atoms with Crippen molar-refractivity contribution in [1.29, 1.82) is 0 Å². The fraction of sp³-hybridized carbons (Fsp3) is 0.308. The lowest BCUT2D eigenvalue weighted by Crippen LogP contribution is -2.47. The van der Waals surface area contributed by atoms with Crippen LogP contribution in [0, 0.1) is 6.92 Å². The first kappa shape index (κ1) is 24.3. The first-order chi connectivity index (χ1) is 15.9. The molecule has 0 aliphatic heterocycles. The van der Waals surface area contributed by atoms with Crippen LogP contribution in [0.25, 0.3) is 0 Å². The topological polar surface area (TPSA) is 61.9 Å². The molecule has 0 aliphatic carbocycles. The van der Waals surface area contributed by atoms with Gasteiger partial charge in [-0.05, 0) is 50.6 Å². The highest BCUT2D eigenvalue weighted by Gasteiger charge is 2.24. The molecule has 3 aromatic rings. The van der Waals surface area contributed by atoms with Crippen molar-refractivity contribution in [2.45, 2.75) is 39.9 Å². The van der Waals surface area contributed by atoms with Crippen molar-refractivity contribution >= 4 is 29.0 Å². The van der Waals surface area contributed by atoms with Gasteiger partial charge in [0.1, 0.15) is 12.3 Å². The van der Waals surface area contributed by atoms with E-state index in [0.29, 0.717) is 24.5 Å². The Morgan fingerprint density at radius 3 is 2.39 bits per heavy atom. The molecule has 1 heterocycles. The number of anilines is 1. The molecule has 3 rings (SSSR count). The molecule has 0 saturated carbocycles. The number of carbonyl (C=O) groups excluding carboxylic acids is 2. The van der Waals surface area contributed by atoms with E-state index in [0.717, 1.165) is 10.4 Å². The van der Waals surface area contributed by atoms with E-state index in [1.807, 2.05) is 61.2 Å². The summed E-state index contributed by atoms with van der Waals surface area (Å²) in [5.74, 6) is 0.555. The number of urea groups is 1. The van der Waals surface area contributed by atoms with Crippen molar-refractivity contribution in [3.63, 3.8) is 0 Å². The molecule has 33 heavy (non-hydrogen) atoms. The molecule has 1 N–H and O–H groups in total. The molecule has 0 aliphatic rings. The number of thiophene rings is 1. The lowest BCUT2D eigenvalue weighted by Gasteiger charge is -2.30. The maximum Gasteiger partial charge on any atom is 0.322 e. The summed E-state index contributed by atoms with van der Waals surface area (Å²) >= 11 is 1.68. The van der Waals surface area contributed by atoms with Crippen molar-refractivity contribution in [2.75, 3.05) is 19.0 Å². The van der Waals surface area contributed by atoms with E-state index in [9.17, 15) is 9.59 Å². The molecule has 1 aromatic heterocycles. The summed E-state index contributed by atoms with van der Waals surface area (Å²) in [6.45, 7) is 6.85. The van der Waals surface area contributed by atoms with Crippen LogP contribution in [0.2, 0.25) is 0 Å². The first-order valence-electron chi connectivity index (χ1n) is 10.9. The van der Waals surface area contributed by atoms with Gasteiger partial charge in [-0.3, -0.25) is 4.79 Å². The smallest absolute Gasteiger partial charge is 0.322 e. The number of hydrogen-bond donors (Lipinski definition) is 1. The standard InChI is InChI=1S/C26H31N3O3S/c1-19(2)29(26(31)27-22-11-8-12-23(15-22)32-4)18-25(30)28(16-21-9-6-5-7-10-21)17-24-14-13-20(3)33-24/h5-15,19H,16-18H2,1-4H3,(H,27,31). The highest BCUT2D eigenvalue weighted by molar-refractivity contribution is 7.11. The van der Waals surface area contributed by atoms with Crippen LogP contribution in [0.5, 0.6) is 5.75 Å². The van der Waals surface area contributed by atoms with E-state index in [-0.39, 0.29) is 24.5 Å². The second kappa shape index (κ2) is 11.5. The Kier molecular flexibility index (Phi) is 8.49. The van der Waals surface area contributed by atoms with Crippen LogP contribution in [0.3, 0.4) is 0 Å². The number of hydrogen-bond acceptors (Lipinski definition) is 4. The molecular formula is C26H31N3O3S. The van der Waals surface area contributed by atoms with Crippen LogP contribution in [0.1, 0.15) is 29.2 Å². The van der Waals surface area contributed by atoms with Gasteiger partial charge in [-0.15, -0.1) is 11.3 Å². The van der Waals surface area contributed by atoms with Crippen LogP contribution in [-0.2, 0) is 17.9 Å². The van der Waals surface area contributed by atoms with Gasteiger partial charge in [-0.25, -0.2) is 4.79 Å². The van der Waals surface area contributed by atoms with Crippen LogP contribution in [-0.4, -0.2) is 41.4 Å². The Balaban J connectivity index is 1.75. The number of rotatable bonds is 9. The minimum atomic E-state index is -0.321. The fourth-order valence-electron chi connectivity index (χ4n) is 3.42. The molecule has 6 nitrogen and oxygen atoms in total. The third-order valence-electron chi connectivity index (χ3n) is 5.22. The molecule has 0 bridgehead atoms. The predicted molar refractivity (Wildman–Crippen MR) is 134 cm³/mol. The summed E-state index contributed by atoms with van der Waals surface area (Å²) in [5.41, 5.74) is 1.67. The summed E-state index contributed by atoms with van der Waals surface area (Å²) in [5, 5.41) is 2.88. The zero-order valence-corrected chi connectivity index (χ0v) is 20.4. The summed E-state index contributed by atoms with van der Waals surface area (Å²) < 4.78 is 5.23. The van der Waals surface area contributed by atoms with Crippen molar-refractivity contribution in [2.24, 2.45) is 0 Å². The third-order valence-corrected chi connectivity index (χ3v) is 6.21. The van der Waals surface area contributed by atoms with Crippen LogP contribution < -0.4 is 10.1 Å². The Labute approximate surface area is 199 Å². The highest BCUT2D eigenvalue weighted by Crippen LogP contribution is 2.20. The van der Waals surface area contributed by atoms with Crippen LogP contribution >= 0.6 is 11.3 Å². The molecule has 0 fully saturated rings. The number of aryl methyl sites for hydroxylation is 1. The summed E-state index contributed by atoms with van der Waals surface area (Å²) in [7, 11) is 1.58. The number of carbonyl (C=O) groups is 2. The zero-order chi connectivity index (χ0) is 23.8. The van der Waals surface area contributed by atoms with Gasteiger partial charge >= 0.3 is 6.03 Å². The van der Waals surface area contributed by atoms with E-state index < -0.39 is 0 Å². The van der Waals surface area contributed by atoms with E-state index >= 15 is 0 Å². The minimum Gasteiger partial charge on any atom is -0.497 e. The first-order valence-corrected chi connectivity index (χ1v) is 11.8. The molecule has 3 amide bonds. The molecule has 0 atom stereocenters. The van der Waals surface area contributed by atoms with Crippen LogP contribution in [0.15, 0.2) is 66.7 Å². The highest BCUT2D eigenvalue weighted by atomic mass is 32.1. The molecule has 0 spiro atoms. The summed E-state index contributed by atoms with van der Waals surface area (Å²) in [6, 6.07) is 20.7. The number of methoxy groups -OCH3 is 1. The number of benzene rings is 2. The maximum atomic E-state index is 13.4. The van der Waals surface area contributed by atoms with Gasteiger partial charge < -0.3 is 19.9 Å². The second-order valence-electron chi connectivity index (χ2n) is 8.13. The Hall–Kier alpha value is -3.32. The quantitative estimate of drug-likeness (QED) is 0.452. The summed E-state index contributed by atoms with van der Waals surface area (Å²) in [4.78, 5) is 32.2. The van der Waals surface area contributed by atoms with E-state index in [1.54, 1.807) is 35.5 Å². The van der Waals surface area contributed by atoms with E-state index in [1.165, 1.54) is 4.88 Å². The minimum absolute atomic E-state index is 0.00927. The molecule has 0 unspecified atom stereocenters. The Morgan fingerprint density at radius 1 is 1.00 bits per heavy atom. The third kappa shape index (κ3) is 7.08. The Morgan fingerprint density at radius 2 is 1.76 bits per heavy atom. The van der Waals surface area contributed by atoms with Crippen molar-refractivity contribution in [3.8, 4) is 5.75 Å². The SMILES string of the molecule is COc1cccc(NC(=O)N(CC(=O)N(Cc2ccccc2)Cc2ccc(C)s2)C(C)C)c1.